The van der Waals surface area contributed by atoms with E-state index in [1.165, 1.54) is 17.0 Å². The van der Waals surface area contributed by atoms with Crippen molar-refractivity contribution in [3.8, 4) is 0 Å². The zero-order valence-corrected chi connectivity index (χ0v) is 19.9. The lowest BCUT2D eigenvalue weighted by Gasteiger charge is -2.21. The number of benzene rings is 2. The van der Waals surface area contributed by atoms with E-state index in [0.717, 1.165) is 16.8 Å². The van der Waals surface area contributed by atoms with Crippen molar-refractivity contribution in [3.63, 3.8) is 0 Å². The van der Waals surface area contributed by atoms with Gasteiger partial charge in [-0.3, -0.25) is 9.59 Å². The number of alkyl halides is 6. The number of nitrogens with one attached hydrogen (secondary N) is 1. The van der Waals surface area contributed by atoms with Gasteiger partial charge in [0.2, 0.25) is 0 Å². The molecule has 0 fully saturated rings. The van der Waals surface area contributed by atoms with Crippen LogP contribution in [0, 0.1) is 0 Å². The molecule has 1 aromatic heterocycles. The number of hydrogen-bond acceptors (Lipinski definition) is 4. The van der Waals surface area contributed by atoms with Crippen molar-refractivity contribution in [1.29, 1.82) is 0 Å². The molecule has 38 heavy (non-hydrogen) atoms. The predicted molar refractivity (Wildman–Crippen MR) is 123 cm³/mol. The first-order chi connectivity index (χ1) is 17.7. The maximum Gasteiger partial charge on any atom is 0.436 e. The molecule has 0 radical (unpaired) electrons. The maximum absolute atomic E-state index is 13.9. The lowest BCUT2D eigenvalue weighted by molar-refractivity contribution is -0.142. The Morgan fingerprint density at radius 3 is 2.11 bits per heavy atom. The SMILES string of the molecule is CC(NC(=O)c1c(C(F)(F)F)nn2c1N(Cc1ccc(C(F)(F)F)cc1)CC2)c1ccc(CC(=O)O)cc1. The molecule has 0 saturated carbocycles. The van der Waals surface area contributed by atoms with Gasteiger partial charge in [-0.15, -0.1) is 0 Å². The molecule has 1 aliphatic rings. The third-order valence-corrected chi connectivity index (χ3v) is 6.14. The second kappa shape index (κ2) is 10.0. The molecule has 3 aromatic rings. The zero-order chi connectivity index (χ0) is 27.8. The lowest BCUT2D eigenvalue weighted by atomic mass is 10.0. The fraction of sp³-hybridized carbons (Fsp3) is 0.320. The highest BCUT2D eigenvalue weighted by atomic mass is 19.4. The summed E-state index contributed by atoms with van der Waals surface area (Å²) < 4.78 is 81.3. The van der Waals surface area contributed by atoms with Crippen LogP contribution in [0.15, 0.2) is 48.5 Å². The van der Waals surface area contributed by atoms with Gasteiger partial charge in [0.15, 0.2) is 5.69 Å². The minimum absolute atomic E-state index is 0.0258. The molecule has 1 aliphatic heterocycles. The summed E-state index contributed by atoms with van der Waals surface area (Å²) in [6, 6.07) is 9.79. The van der Waals surface area contributed by atoms with Gasteiger partial charge in [-0.25, -0.2) is 4.68 Å². The van der Waals surface area contributed by atoms with E-state index in [1.807, 2.05) is 0 Å². The number of nitrogens with zero attached hydrogens (tertiary/aromatic N) is 3. The van der Waals surface area contributed by atoms with Crippen LogP contribution < -0.4 is 10.2 Å². The van der Waals surface area contributed by atoms with E-state index in [9.17, 15) is 35.9 Å². The molecule has 2 heterocycles. The molecule has 2 N–H and O–H groups in total. The minimum Gasteiger partial charge on any atom is -0.481 e. The number of fused-ring (bicyclic) bond motifs is 1. The Hall–Kier alpha value is -4.03. The molecule has 1 unspecified atom stereocenters. The van der Waals surface area contributed by atoms with E-state index in [-0.39, 0.29) is 31.9 Å². The molecule has 0 saturated heterocycles. The Morgan fingerprint density at radius 2 is 1.55 bits per heavy atom. The van der Waals surface area contributed by atoms with E-state index in [1.54, 1.807) is 31.2 Å². The number of carboxylic acids is 1. The van der Waals surface area contributed by atoms with E-state index >= 15 is 0 Å². The van der Waals surface area contributed by atoms with Crippen molar-refractivity contribution in [2.24, 2.45) is 0 Å². The summed E-state index contributed by atoms with van der Waals surface area (Å²) in [6.45, 7) is 1.82. The number of hydrogen-bond donors (Lipinski definition) is 2. The highest BCUT2D eigenvalue weighted by Crippen LogP contribution is 2.39. The lowest BCUT2D eigenvalue weighted by Crippen LogP contribution is -2.31. The first kappa shape index (κ1) is 27.0. The summed E-state index contributed by atoms with van der Waals surface area (Å²) in [5.41, 5.74) is -1.39. The molecule has 0 spiro atoms. The molecule has 7 nitrogen and oxygen atoms in total. The van der Waals surface area contributed by atoms with Gasteiger partial charge in [0.1, 0.15) is 11.4 Å². The van der Waals surface area contributed by atoms with Gasteiger partial charge in [0.25, 0.3) is 5.91 Å². The Morgan fingerprint density at radius 1 is 0.947 bits per heavy atom. The predicted octanol–water partition coefficient (Wildman–Crippen LogP) is 5.06. The van der Waals surface area contributed by atoms with Gasteiger partial charge in [0, 0.05) is 13.1 Å². The van der Waals surface area contributed by atoms with Crippen LogP contribution in [0.5, 0.6) is 0 Å². The number of halogens is 6. The minimum atomic E-state index is -4.92. The van der Waals surface area contributed by atoms with Gasteiger partial charge >= 0.3 is 18.3 Å². The van der Waals surface area contributed by atoms with Crippen LogP contribution in [0.3, 0.4) is 0 Å². The third-order valence-electron chi connectivity index (χ3n) is 6.14. The number of aliphatic carboxylic acids is 1. The summed E-state index contributed by atoms with van der Waals surface area (Å²) in [6.07, 6.45) is -9.65. The molecular weight excluding hydrogens is 518 g/mol. The summed E-state index contributed by atoms with van der Waals surface area (Å²) in [5, 5.41) is 15.1. The first-order valence-corrected chi connectivity index (χ1v) is 11.4. The molecular formula is C25H22F6N4O3. The average Bonchev–Trinajstić information content (AvgIpc) is 3.39. The highest BCUT2D eigenvalue weighted by Gasteiger charge is 2.44. The summed E-state index contributed by atoms with van der Waals surface area (Å²) >= 11 is 0. The fourth-order valence-corrected chi connectivity index (χ4v) is 4.28. The first-order valence-electron chi connectivity index (χ1n) is 11.4. The molecule has 13 heteroatoms. The largest absolute Gasteiger partial charge is 0.481 e. The maximum atomic E-state index is 13.9. The monoisotopic (exact) mass is 540 g/mol. The van der Waals surface area contributed by atoms with E-state index in [0.29, 0.717) is 16.7 Å². The smallest absolute Gasteiger partial charge is 0.436 e. The molecule has 1 atom stereocenters. The average molecular weight is 540 g/mol. The summed E-state index contributed by atoms with van der Waals surface area (Å²) in [7, 11) is 0. The summed E-state index contributed by atoms with van der Waals surface area (Å²) in [4.78, 5) is 25.5. The quantitative estimate of drug-likeness (QED) is 0.410. The van der Waals surface area contributed by atoms with E-state index < -0.39 is 47.1 Å². The van der Waals surface area contributed by atoms with Crippen LogP contribution in [0.2, 0.25) is 0 Å². The highest BCUT2D eigenvalue weighted by molar-refractivity contribution is 6.01. The summed E-state index contributed by atoms with van der Waals surface area (Å²) in [5.74, 6) is -2.10. The van der Waals surface area contributed by atoms with Crippen LogP contribution >= 0.6 is 0 Å². The van der Waals surface area contributed by atoms with Crippen LogP contribution in [-0.4, -0.2) is 33.3 Å². The Labute approximate surface area is 212 Å². The van der Waals surface area contributed by atoms with Crippen molar-refractivity contribution in [2.75, 3.05) is 11.4 Å². The van der Waals surface area contributed by atoms with Crippen molar-refractivity contribution in [1.82, 2.24) is 15.1 Å². The van der Waals surface area contributed by atoms with Gasteiger partial charge in [-0.05, 0) is 35.7 Å². The Bertz CT molecular complexity index is 1330. The second-order valence-electron chi connectivity index (χ2n) is 8.89. The Balaban J connectivity index is 1.60. The Kier molecular flexibility index (Phi) is 7.13. The molecule has 2 aromatic carbocycles. The van der Waals surface area contributed by atoms with Crippen LogP contribution in [0.4, 0.5) is 32.2 Å². The number of carboxylic acid groups (broad SMARTS) is 1. The van der Waals surface area contributed by atoms with E-state index in [4.69, 9.17) is 5.11 Å². The third kappa shape index (κ3) is 5.76. The molecule has 202 valence electrons. The molecule has 0 bridgehead atoms. The van der Waals surface area contributed by atoms with Gasteiger partial charge < -0.3 is 15.3 Å². The van der Waals surface area contributed by atoms with Crippen molar-refractivity contribution >= 4 is 17.7 Å². The van der Waals surface area contributed by atoms with Crippen LogP contribution in [0.25, 0.3) is 0 Å². The number of amides is 1. The standard InChI is InChI=1S/C25H22F6N4O3/c1-14(17-6-2-15(3-7-17)12-19(36)37)32-22(38)20-21(25(29,30)31)33-35-11-10-34(23(20)35)13-16-4-8-18(9-5-16)24(26,27)28/h2-9,14H,10-13H2,1H3,(H,32,38)(H,36,37). The van der Waals surface area contributed by atoms with E-state index in [2.05, 4.69) is 10.4 Å². The number of anilines is 1. The molecule has 1 amide bonds. The second-order valence-corrected chi connectivity index (χ2v) is 8.89. The molecule has 4 rings (SSSR count). The van der Waals surface area contributed by atoms with Crippen molar-refractivity contribution < 1.29 is 41.0 Å². The van der Waals surface area contributed by atoms with Crippen LogP contribution in [-0.2, 0) is 36.7 Å². The van der Waals surface area contributed by atoms with Crippen molar-refractivity contribution in [2.45, 2.75) is 44.8 Å². The molecule has 0 aliphatic carbocycles. The van der Waals surface area contributed by atoms with Gasteiger partial charge in [0.05, 0.1) is 24.6 Å². The number of carbonyl (C=O) groups is 2. The van der Waals surface area contributed by atoms with Crippen LogP contribution in [0.1, 0.15) is 51.3 Å². The number of carbonyl (C=O) groups excluding carboxylic acids is 1. The van der Waals surface area contributed by atoms with Gasteiger partial charge in [-0.1, -0.05) is 36.4 Å². The fourth-order valence-electron chi connectivity index (χ4n) is 4.28. The number of rotatable bonds is 7. The normalized spacial score (nSPS) is 14.3. The van der Waals surface area contributed by atoms with Gasteiger partial charge in [-0.2, -0.15) is 31.4 Å². The zero-order valence-electron chi connectivity index (χ0n) is 19.9. The topological polar surface area (TPSA) is 87.5 Å². The van der Waals surface area contributed by atoms with Crippen molar-refractivity contribution in [3.05, 3.63) is 82.0 Å². The number of aromatic nitrogens is 2.